The number of carbonyl (C=O) groups excluding carboxylic acids is 3. The third-order valence-corrected chi connectivity index (χ3v) is 8.68. The molecular formula is C31H34F2N6O4S. The number of benzene rings is 2. The number of nitrogens with zero attached hydrogens (tertiary/aromatic N) is 6. The monoisotopic (exact) mass is 624 g/mol. The van der Waals surface area contributed by atoms with Gasteiger partial charge in [0.1, 0.15) is 36.4 Å². The van der Waals surface area contributed by atoms with Gasteiger partial charge in [-0.05, 0) is 40.4 Å². The molecule has 5 rings (SSSR count). The minimum absolute atomic E-state index is 0.0118. The van der Waals surface area contributed by atoms with Crippen molar-refractivity contribution in [2.24, 2.45) is 0 Å². The normalized spacial score (nSPS) is 18.7. The molecule has 1 atom stereocenters. The molecular weight excluding hydrogens is 590 g/mol. The highest BCUT2D eigenvalue weighted by molar-refractivity contribution is 8.18. The van der Waals surface area contributed by atoms with E-state index in [0.29, 0.717) is 13.1 Å². The number of β-amino-alcohol motifs (C(OH)–C–C–N with tert-alkyl or cyclic N) is 1. The molecule has 1 unspecified atom stereocenters. The molecule has 2 aliphatic heterocycles. The first-order chi connectivity index (χ1) is 20.8. The molecule has 2 saturated heterocycles. The van der Waals surface area contributed by atoms with Crippen molar-refractivity contribution >= 4 is 34.9 Å². The molecule has 1 aromatic heterocycles. The smallest absolute Gasteiger partial charge is 0.294 e. The second-order valence-corrected chi connectivity index (χ2v) is 13.0. The molecule has 3 amide bonds. The minimum Gasteiger partial charge on any atom is -0.382 e. The lowest BCUT2D eigenvalue weighted by Gasteiger charge is -2.40. The van der Waals surface area contributed by atoms with Crippen LogP contribution in [-0.4, -0.2) is 90.9 Å². The topological polar surface area (TPSA) is 112 Å². The summed E-state index contributed by atoms with van der Waals surface area (Å²) in [6.45, 7) is 7.07. The Morgan fingerprint density at radius 1 is 1.02 bits per heavy atom. The fourth-order valence-corrected chi connectivity index (χ4v) is 6.14. The Morgan fingerprint density at radius 3 is 2.34 bits per heavy atom. The van der Waals surface area contributed by atoms with Gasteiger partial charge in [-0.1, -0.05) is 51.1 Å². The maximum atomic E-state index is 14.8. The van der Waals surface area contributed by atoms with Crippen LogP contribution in [0.25, 0.3) is 6.08 Å². The van der Waals surface area contributed by atoms with Crippen molar-refractivity contribution in [1.82, 2.24) is 29.5 Å². The number of thioether (sulfide) groups is 1. The van der Waals surface area contributed by atoms with Crippen LogP contribution in [0.5, 0.6) is 0 Å². The number of hydrogen-bond donors (Lipinski definition) is 1. The zero-order valence-electron chi connectivity index (χ0n) is 24.7. The molecule has 2 aromatic carbocycles. The van der Waals surface area contributed by atoms with Crippen molar-refractivity contribution in [3.63, 3.8) is 0 Å². The van der Waals surface area contributed by atoms with Crippen molar-refractivity contribution in [2.75, 3.05) is 39.3 Å². The van der Waals surface area contributed by atoms with Gasteiger partial charge in [-0.15, -0.1) is 0 Å². The SMILES string of the molecule is CC(C)(C)c1ccc(C=C2SC(=O)N(CC(=O)N3CCN(CC(O)(Cn4cncn4)c4ccc(F)cc4F)CC3)C2=O)cc1. The number of halogens is 2. The molecule has 2 fully saturated rings. The summed E-state index contributed by atoms with van der Waals surface area (Å²) >= 11 is 0.809. The largest absolute Gasteiger partial charge is 0.382 e. The van der Waals surface area contributed by atoms with Gasteiger partial charge in [0.15, 0.2) is 0 Å². The van der Waals surface area contributed by atoms with E-state index in [1.54, 1.807) is 11.0 Å². The van der Waals surface area contributed by atoms with Crippen LogP contribution in [0.2, 0.25) is 0 Å². The van der Waals surface area contributed by atoms with E-state index in [2.05, 4.69) is 30.9 Å². The molecule has 0 aliphatic carbocycles. The van der Waals surface area contributed by atoms with E-state index in [1.807, 2.05) is 29.2 Å². The van der Waals surface area contributed by atoms with Crippen molar-refractivity contribution in [3.05, 3.63) is 88.3 Å². The second-order valence-electron chi connectivity index (χ2n) is 12.0. The first-order valence-corrected chi connectivity index (χ1v) is 15.0. The first-order valence-electron chi connectivity index (χ1n) is 14.2. The van der Waals surface area contributed by atoms with Gasteiger partial charge in [-0.3, -0.25) is 24.2 Å². The average molecular weight is 625 g/mol. The van der Waals surface area contributed by atoms with Crippen LogP contribution in [0.4, 0.5) is 13.6 Å². The van der Waals surface area contributed by atoms with Crippen molar-refractivity contribution < 1.29 is 28.3 Å². The summed E-state index contributed by atoms with van der Waals surface area (Å²) in [6, 6.07) is 10.8. The van der Waals surface area contributed by atoms with E-state index in [9.17, 15) is 28.3 Å². The molecule has 1 N–H and O–H groups in total. The standard InChI is InChI=1S/C31H34F2N6O4S/c1-30(2,3)22-6-4-21(5-7-22)14-26-28(41)39(29(42)44-26)16-27(40)37-12-10-36(11-13-37)17-31(43,18-38-20-34-19-35-38)24-9-8-23(32)15-25(24)33/h4-9,14-15,19-20,43H,10-13,16-18H2,1-3H3. The molecule has 0 radical (unpaired) electrons. The Kier molecular flexibility index (Phi) is 9.00. The van der Waals surface area contributed by atoms with Crippen LogP contribution >= 0.6 is 11.8 Å². The van der Waals surface area contributed by atoms with Gasteiger partial charge in [0.25, 0.3) is 11.1 Å². The molecule has 44 heavy (non-hydrogen) atoms. The Hall–Kier alpha value is -3.94. The molecule has 2 aliphatic rings. The van der Waals surface area contributed by atoms with Crippen molar-refractivity contribution in [3.8, 4) is 0 Å². The van der Waals surface area contributed by atoms with Gasteiger partial charge >= 0.3 is 0 Å². The van der Waals surface area contributed by atoms with Crippen LogP contribution in [0.15, 0.2) is 60.0 Å². The van der Waals surface area contributed by atoms with Crippen LogP contribution in [0, 0.1) is 11.6 Å². The van der Waals surface area contributed by atoms with Gasteiger partial charge in [0, 0.05) is 44.4 Å². The summed E-state index contributed by atoms with van der Waals surface area (Å²) in [4.78, 5) is 47.3. The van der Waals surface area contributed by atoms with Crippen LogP contribution in [0.1, 0.15) is 37.5 Å². The molecule has 0 saturated carbocycles. The van der Waals surface area contributed by atoms with Crippen molar-refractivity contribution in [2.45, 2.75) is 38.3 Å². The Balaban J connectivity index is 1.20. The van der Waals surface area contributed by atoms with Crippen LogP contribution < -0.4 is 0 Å². The van der Waals surface area contributed by atoms with Gasteiger partial charge in [0.05, 0.1) is 11.4 Å². The van der Waals surface area contributed by atoms with Gasteiger partial charge in [0.2, 0.25) is 5.91 Å². The molecule has 13 heteroatoms. The molecule has 10 nitrogen and oxygen atoms in total. The predicted molar refractivity (Wildman–Crippen MR) is 161 cm³/mol. The Morgan fingerprint density at radius 2 is 1.73 bits per heavy atom. The van der Waals surface area contributed by atoms with Gasteiger partial charge in [-0.2, -0.15) is 5.10 Å². The summed E-state index contributed by atoms with van der Waals surface area (Å²) in [5.41, 5.74) is 0.0813. The number of aromatic nitrogens is 3. The number of rotatable bonds is 8. The van der Waals surface area contributed by atoms with E-state index in [0.717, 1.165) is 39.9 Å². The number of imide groups is 1. The minimum atomic E-state index is -1.76. The average Bonchev–Trinajstić information content (AvgIpc) is 3.56. The lowest BCUT2D eigenvalue weighted by Crippen LogP contribution is -2.55. The Bertz CT molecular complexity index is 1570. The summed E-state index contributed by atoms with van der Waals surface area (Å²) in [7, 11) is 0. The highest BCUT2D eigenvalue weighted by Gasteiger charge is 2.39. The maximum Gasteiger partial charge on any atom is 0.294 e. The molecule has 0 spiro atoms. The van der Waals surface area contributed by atoms with Crippen LogP contribution in [-0.2, 0) is 27.1 Å². The molecule has 0 bridgehead atoms. The number of amides is 3. The molecule has 232 valence electrons. The summed E-state index contributed by atoms with van der Waals surface area (Å²) in [6.07, 6.45) is 4.35. The predicted octanol–water partition coefficient (Wildman–Crippen LogP) is 3.62. The fourth-order valence-electron chi connectivity index (χ4n) is 5.30. The van der Waals surface area contributed by atoms with Crippen molar-refractivity contribution in [1.29, 1.82) is 0 Å². The molecule has 3 heterocycles. The van der Waals surface area contributed by atoms with E-state index in [-0.39, 0.29) is 54.5 Å². The third kappa shape index (κ3) is 7.06. The lowest BCUT2D eigenvalue weighted by molar-refractivity contribution is -0.137. The summed E-state index contributed by atoms with van der Waals surface area (Å²) in [5, 5.41) is 15.1. The highest BCUT2D eigenvalue weighted by atomic mass is 32.2. The second kappa shape index (κ2) is 12.6. The highest BCUT2D eigenvalue weighted by Crippen LogP contribution is 2.33. The number of carbonyl (C=O) groups is 3. The number of piperazine rings is 1. The molecule has 3 aromatic rings. The number of hydrogen-bond acceptors (Lipinski definition) is 8. The van der Waals surface area contributed by atoms with E-state index >= 15 is 0 Å². The fraction of sp³-hybridized carbons (Fsp3) is 0.387. The zero-order chi connectivity index (χ0) is 31.6. The Labute approximate surface area is 258 Å². The maximum absolute atomic E-state index is 14.8. The zero-order valence-corrected chi connectivity index (χ0v) is 25.6. The van der Waals surface area contributed by atoms with E-state index < -0.39 is 28.4 Å². The summed E-state index contributed by atoms with van der Waals surface area (Å²) < 4.78 is 29.8. The third-order valence-electron chi connectivity index (χ3n) is 7.77. The van der Waals surface area contributed by atoms with E-state index in [1.165, 1.54) is 23.4 Å². The quantitative estimate of drug-likeness (QED) is 0.379. The van der Waals surface area contributed by atoms with E-state index in [4.69, 9.17) is 0 Å². The van der Waals surface area contributed by atoms with Gasteiger partial charge in [-0.25, -0.2) is 18.4 Å². The number of aliphatic hydroxyl groups is 1. The first kappa shape index (κ1) is 31.5. The summed E-state index contributed by atoms with van der Waals surface area (Å²) in [5.74, 6) is -2.52. The van der Waals surface area contributed by atoms with Gasteiger partial charge < -0.3 is 10.0 Å². The lowest BCUT2D eigenvalue weighted by atomic mass is 9.87. The van der Waals surface area contributed by atoms with Crippen LogP contribution in [0.3, 0.4) is 0 Å².